The molecule has 0 unspecified atom stereocenters. The Labute approximate surface area is 172 Å². The van der Waals surface area contributed by atoms with Gasteiger partial charge in [0.15, 0.2) is 16.8 Å². The van der Waals surface area contributed by atoms with Gasteiger partial charge in [0.2, 0.25) is 0 Å². The molecule has 2 aromatic heterocycles. The number of ether oxygens (including phenoxy) is 1. The monoisotopic (exact) mass is 404 g/mol. The lowest BCUT2D eigenvalue weighted by molar-refractivity contribution is 0.483. The fourth-order valence-electron chi connectivity index (χ4n) is 2.57. The van der Waals surface area contributed by atoms with E-state index in [9.17, 15) is 0 Å². The van der Waals surface area contributed by atoms with Gasteiger partial charge in [-0.15, -0.1) is 0 Å². The summed E-state index contributed by atoms with van der Waals surface area (Å²) < 4.78 is 5.80. The van der Waals surface area contributed by atoms with Crippen molar-refractivity contribution in [1.29, 1.82) is 0 Å². The van der Waals surface area contributed by atoms with E-state index >= 15 is 0 Å². The molecule has 0 amide bonds. The lowest BCUT2D eigenvalue weighted by Crippen LogP contribution is -2.05. The lowest BCUT2D eigenvalue weighted by atomic mass is 10.3. The Morgan fingerprint density at radius 1 is 0.759 bits per heavy atom. The predicted molar refractivity (Wildman–Crippen MR) is 115 cm³/mol. The molecular formula is C21H17ClN6O. The summed E-state index contributed by atoms with van der Waals surface area (Å²) in [6, 6.07) is 20.6. The second-order valence-corrected chi connectivity index (χ2v) is 6.37. The zero-order valence-electron chi connectivity index (χ0n) is 15.2. The average Bonchev–Trinajstić information content (AvgIpc) is 2.75. The number of nitrogens with two attached hydrogens (primary N) is 1. The lowest BCUT2D eigenvalue weighted by Gasteiger charge is -2.13. The number of nitrogens with zero attached hydrogens (tertiary/aromatic N) is 3. The zero-order valence-corrected chi connectivity index (χ0v) is 16.0. The molecule has 0 atom stereocenters. The van der Waals surface area contributed by atoms with E-state index < -0.39 is 0 Å². The van der Waals surface area contributed by atoms with E-state index in [1.54, 1.807) is 18.3 Å². The molecule has 0 bridgehead atoms. The van der Waals surface area contributed by atoms with Gasteiger partial charge in [0.05, 0.1) is 5.69 Å². The summed E-state index contributed by atoms with van der Waals surface area (Å²) in [7, 11) is 0. The molecule has 8 heteroatoms. The fraction of sp³-hybridized carbons (Fsp3) is 0. The first-order chi connectivity index (χ1) is 14.2. The third kappa shape index (κ3) is 4.53. The van der Waals surface area contributed by atoms with Crippen molar-refractivity contribution in [3.63, 3.8) is 0 Å². The van der Waals surface area contributed by atoms with Gasteiger partial charge in [-0.2, -0.15) is 0 Å². The first-order valence-corrected chi connectivity index (χ1v) is 9.15. The zero-order chi connectivity index (χ0) is 20.1. The van der Waals surface area contributed by atoms with E-state index in [2.05, 4.69) is 25.6 Å². The molecule has 0 radical (unpaired) electrons. The molecule has 4 aromatic rings. The number of aromatic nitrogens is 3. The maximum absolute atomic E-state index is 6.22. The Morgan fingerprint density at radius 3 is 2.17 bits per heavy atom. The third-order valence-corrected chi connectivity index (χ3v) is 4.29. The number of halogens is 1. The molecule has 4 N–H and O–H groups in total. The highest BCUT2D eigenvalue weighted by Crippen LogP contribution is 2.30. The van der Waals surface area contributed by atoms with Gasteiger partial charge in [0, 0.05) is 11.9 Å². The molecule has 2 aromatic carbocycles. The van der Waals surface area contributed by atoms with Gasteiger partial charge < -0.3 is 21.1 Å². The average molecular weight is 405 g/mol. The van der Waals surface area contributed by atoms with Crippen LogP contribution in [0.4, 0.5) is 28.7 Å². The highest BCUT2D eigenvalue weighted by atomic mass is 35.5. The number of nitrogens with one attached hydrogen (secondary N) is 2. The van der Waals surface area contributed by atoms with E-state index in [4.69, 9.17) is 22.1 Å². The molecule has 2 heterocycles. The van der Waals surface area contributed by atoms with Gasteiger partial charge in [0.25, 0.3) is 0 Å². The topological polar surface area (TPSA) is 98.0 Å². The van der Waals surface area contributed by atoms with E-state index in [1.807, 2.05) is 54.6 Å². The van der Waals surface area contributed by atoms with Crippen LogP contribution in [-0.2, 0) is 0 Å². The van der Waals surface area contributed by atoms with Crippen LogP contribution in [0.15, 0.2) is 79.3 Å². The SMILES string of the molecule is Nc1c(Nc2ccc(Oc3ccccc3)cc2)ncnc1Nc1cccnc1Cl. The van der Waals surface area contributed by atoms with Gasteiger partial charge in [-0.1, -0.05) is 29.8 Å². The first-order valence-electron chi connectivity index (χ1n) is 8.77. The van der Waals surface area contributed by atoms with E-state index in [1.165, 1.54) is 6.33 Å². The molecule has 0 aliphatic heterocycles. The molecular weight excluding hydrogens is 388 g/mol. The van der Waals surface area contributed by atoms with E-state index in [0.717, 1.165) is 17.2 Å². The van der Waals surface area contributed by atoms with E-state index in [0.29, 0.717) is 28.2 Å². The number of para-hydroxylation sites is 1. The van der Waals surface area contributed by atoms with Crippen LogP contribution in [0, 0.1) is 0 Å². The van der Waals surface area contributed by atoms with Crippen LogP contribution in [0.3, 0.4) is 0 Å². The summed E-state index contributed by atoms with van der Waals surface area (Å²) in [5.74, 6) is 2.41. The Kier molecular flexibility index (Phi) is 5.40. The summed E-state index contributed by atoms with van der Waals surface area (Å²) in [5, 5.41) is 6.58. The minimum atomic E-state index is 0.328. The standard InChI is InChI=1S/C21H17ClN6O/c22-19-17(7-4-12-24-19)28-21-18(23)20(25-13-26-21)27-14-8-10-16(11-9-14)29-15-5-2-1-3-6-15/h1-13H,23H2,(H2,25,26,27,28). The quantitative estimate of drug-likeness (QED) is 0.371. The van der Waals surface area contributed by atoms with Crippen LogP contribution in [-0.4, -0.2) is 15.0 Å². The van der Waals surface area contributed by atoms with Gasteiger partial charge in [0.1, 0.15) is 23.5 Å². The smallest absolute Gasteiger partial charge is 0.159 e. The molecule has 0 saturated heterocycles. The highest BCUT2D eigenvalue weighted by Gasteiger charge is 2.10. The second-order valence-electron chi connectivity index (χ2n) is 6.02. The summed E-state index contributed by atoms with van der Waals surface area (Å²) in [6.07, 6.45) is 3.02. The number of hydrogen-bond donors (Lipinski definition) is 3. The molecule has 4 rings (SSSR count). The Morgan fingerprint density at radius 2 is 1.45 bits per heavy atom. The van der Waals surface area contributed by atoms with Crippen molar-refractivity contribution in [2.24, 2.45) is 0 Å². The molecule has 7 nitrogen and oxygen atoms in total. The van der Waals surface area contributed by atoms with Crippen molar-refractivity contribution in [3.05, 3.63) is 84.4 Å². The molecule has 0 fully saturated rings. The van der Waals surface area contributed by atoms with Crippen molar-refractivity contribution in [2.45, 2.75) is 0 Å². The van der Waals surface area contributed by atoms with Crippen molar-refractivity contribution in [3.8, 4) is 11.5 Å². The van der Waals surface area contributed by atoms with Crippen molar-refractivity contribution < 1.29 is 4.74 Å². The van der Waals surface area contributed by atoms with Crippen LogP contribution in [0.5, 0.6) is 11.5 Å². The van der Waals surface area contributed by atoms with Gasteiger partial charge >= 0.3 is 0 Å². The Hall–Kier alpha value is -3.84. The fourth-order valence-corrected chi connectivity index (χ4v) is 2.74. The second kappa shape index (κ2) is 8.45. The van der Waals surface area contributed by atoms with Gasteiger partial charge in [-0.25, -0.2) is 15.0 Å². The normalized spacial score (nSPS) is 10.4. The number of nitrogen functional groups attached to an aromatic ring is 1. The van der Waals surface area contributed by atoms with Crippen molar-refractivity contribution >= 4 is 40.3 Å². The molecule has 0 saturated carbocycles. The minimum Gasteiger partial charge on any atom is -0.457 e. The largest absolute Gasteiger partial charge is 0.457 e. The van der Waals surface area contributed by atoms with E-state index in [-0.39, 0.29) is 0 Å². The van der Waals surface area contributed by atoms with Gasteiger partial charge in [-0.05, 0) is 48.5 Å². The summed E-state index contributed by atoms with van der Waals surface area (Å²) in [5.41, 5.74) is 7.99. The Bertz CT molecular complexity index is 1110. The summed E-state index contributed by atoms with van der Waals surface area (Å²) >= 11 is 6.08. The van der Waals surface area contributed by atoms with Crippen molar-refractivity contribution in [1.82, 2.24) is 15.0 Å². The molecule has 144 valence electrons. The molecule has 0 aliphatic rings. The van der Waals surface area contributed by atoms with Crippen LogP contribution in [0.1, 0.15) is 0 Å². The highest BCUT2D eigenvalue weighted by molar-refractivity contribution is 6.32. The number of hydrogen-bond acceptors (Lipinski definition) is 7. The van der Waals surface area contributed by atoms with Crippen LogP contribution in [0.2, 0.25) is 5.15 Å². The Balaban J connectivity index is 1.49. The maximum Gasteiger partial charge on any atom is 0.159 e. The van der Waals surface area contributed by atoms with Crippen molar-refractivity contribution in [2.75, 3.05) is 16.4 Å². The van der Waals surface area contributed by atoms with Crippen LogP contribution >= 0.6 is 11.6 Å². The number of anilines is 5. The predicted octanol–water partition coefficient (Wildman–Crippen LogP) is 5.39. The van der Waals surface area contributed by atoms with Gasteiger partial charge in [-0.3, -0.25) is 0 Å². The van der Waals surface area contributed by atoms with Crippen LogP contribution in [0.25, 0.3) is 0 Å². The number of pyridine rings is 1. The first kappa shape index (κ1) is 18.5. The molecule has 29 heavy (non-hydrogen) atoms. The molecule has 0 spiro atoms. The number of benzene rings is 2. The summed E-state index contributed by atoms with van der Waals surface area (Å²) in [4.78, 5) is 12.4. The maximum atomic E-state index is 6.22. The molecule has 0 aliphatic carbocycles. The third-order valence-electron chi connectivity index (χ3n) is 3.99. The minimum absolute atomic E-state index is 0.328. The number of rotatable bonds is 6. The summed E-state index contributed by atoms with van der Waals surface area (Å²) in [6.45, 7) is 0. The van der Waals surface area contributed by atoms with Crippen LogP contribution < -0.4 is 21.1 Å².